The van der Waals surface area contributed by atoms with Gasteiger partial charge in [-0.05, 0) is 33.6 Å². The van der Waals surface area contributed by atoms with E-state index in [9.17, 15) is 9.59 Å². The average Bonchev–Trinajstić information content (AvgIpc) is 3.16. The highest BCUT2D eigenvalue weighted by Gasteiger charge is 2.23. The van der Waals surface area contributed by atoms with Crippen LogP contribution in [0.15, 0.2) is 6.07 Å². The van der Waals surface area contributed by atoms with E-state index in [4.69, 9.17) is 0 Å². The summed E-state index contributed by atoms with van der Waals surface area (Å²) in [6.45, 7) is 6.53. The summed E-state index contributed by atoms with van der Waals surface area (Å²) in [6, 6.07) is 1.62. The maximum atomic E-state index is 12.6. The van der Waals surface area contributed by atoms with Gasteiger partial charge in [-0.3, -0.25) is 19.0 Å². The first-order chi connectivity index (χ1) is 12.9. The van der Waals surface area contributed by atoms with Gasteiger partial charge >= 0.3 is 0 Å². The Morgan fingerprint density at radius 3 is 2.48 bits per heavy atom. The molecule has 0 saturated heterocycles. The number of aromatic nitrogens is 4. The Hall–Kier alpha value is -2.64. The van der Waals surface area contributed by atoms with Crippen LogP contribution in [0.4, 0.5) is 11.5 Å². The van der Waals surface area contributed by atoms with E-state index in [0.717, 1.165) is 43.6 Å². The summed E-state index contributed by atoms with van der Waals surface area (Å²) in [4.78, 5) is 25.1. The summed E-state index contributed by atoms with van der Waals surface area (Å²) in [6.07, 6.45) is 5.25. The molecule has 1 fully saturated rings. The molecule has 2 aromatic rings. The highest BCUT2D eigenvalue weighted by Crippen LogP contribution is 2.25. The van der Waals surface area contributed by atoms with E-state index in [1.54, 1.807) is 13.1 Å². The lowest BCUT2D eigenvalue weighted by atomic mass is 9.89. The molecular formula is C19H28N6O2. The van der Waals surface area contributed by atoms with E-state index >= 15 is 0 Å². The van der Waals surface area contributed by atoms with E-state index in [2.05, 4.69) is 20.8 Å². The molecule has 0 aromatic carbocycles. The van der Waals surface area contributed by atoms with Crippen LogP contribution in [0.1, 0.15) is 60.9 Å². The zero-order valence-electron chi connectivity index (χ0n) is 16.5. The second-order valence-corrected chi connectivity index (χ2v) is 7.18. The van der Waals surface area contributed by atoms with Crippen LogP contribution in [0, 0.1) is 19.8 Å². The molecule has 2 N–H and O–H groups in total. The van der Waals surface area contributed by atoms with Crippen LogP contribution < -0.4 is 10.6 Å². The van der Waals surface area contributed by atoms with Gasteiger partial charge in [-0.2, -0.15) is 10.2 Å². The fraction of sp³-hybridized carbons (Fsp3) is 0.579. The zero-order valence-corrected chi connectivity index (χ0v) is 16.5. The van der Waals surface area contributed by atoms with Crippen LogP contribution in [0.25, 0.3) is 0 Å². The minimum Gasteiger partial charge on any atom is -0.317 e. The van der Waals surface area contributed by atoms with Crippen LogP contribution in [0.5, 0.6) is 0 Å². The van der Waals surface area contributed by atoms with Crippen LogP contribution in [0.2, 0.25) is 0 Å². The molecule has 0 unspecified atom stereocenters. The quantitative estimate of drug-likeness (QED) is 0.843. The lowest BCUT2D eigenvalue weighted by molar-refractivity contribution is -0.120. The van der Waals surface area contributed by atoms with Gasteiger partial charge in [0.15, 0.2) is 5.69 Å². The first kappa shape index (κ1) is 19.1. The molecule has 0 bridgehead atoms. The molecule has 8 heteroatoms. The summed E-state index contributed by atoms with van der Waals surface area (Å²) in [5.41, 5.74) is 2.65. The number of nitrogens with zero attached hydrogens (tertiary/aromatic N) is 4. The molecule has 0 spiro atoms. The number of nitrogens with one attached hydrogen (secondary N) is 2. The van der Waals surface area contributed by atoms with Crippen molar-refractivity contribution in [2.24, 2.45) is 13.0 Å². The standard InChI is InChI=1S/C19H28N6O2/c1-5-25-13(3)17(12(2)22-25)21-19(27)15-11-16(24(4)23-15)20-18(26)14-9-7-6-8-10-14/h11,14H,5-10H2,1-4H3,(H,20,26)(H,21,27). The van der Waals surface area contributed by atoms with Gasteiger partial charge in [0.05, 0.1) is 17.1 Å². The van der Waals surface area contributed by atoms with Gasteiger partial charge in [0.2, 0.25) is 5.91 Å². The second-order valence-electron chi connectivity index (χ2n) is 7.18. The zero-order chi connectivity index (χ0) is 19.6. The predicted octanol–water partition coefficient (Wildman–Crippen LogP) is 3.02. The van der Waals surface area contributed by atoms with Crippen molar-refractivity contribution in [2.45, 2.75) is 59.4 Å². The smallest absolute Gasteiger partial charge is 0.276 e. The highest BCUT2D eigenvalue weighted by molar-refractivity contribution is 6.04. The third kappa shape index (κ3) is 4.04. The summed E-state index contributed by atoms with van der Waals surface area (Å²) >= 11 is 0. The van der Waals surface area contributed by atoms with Gasteiger partial charge in [-0.15, -0.1) is 0 Å². The first-order valence-electron chi connectivity index (χ1n) is 9.61. The molecule has 1 aliphatic rings. The summed E-state index contributed by atoms with van der Waals surface area (Å²) in [5.74, 6) is 0.288. The van der Waals surface area contributed by atoms with E-state index in [-0.39, 0.29) is 23.4 Å². The third-order valence-corrected chi connectivity index (χ3v) is 5.26. The Morgan fingerprint density at radius 2 is 1.85 bits per heavy atom. The van der Waals surface area contributed by atoms with Crippen LogP contribution >= 0.6 is 0 Å². The summed E-state index contributed by atoms with van der Waals surface area (Å²) in [7, 11) is 1.72. The van der Waals surface area contributed by atoms with Crippen LogP contribution in [-0.4, -0.2) is 31.4 Å². The number of aryl methyl sites for hydroxylation is 3. The molecular weight excluding hydrogens is 344 g/mol. The minimum atomic E-state index is -0.314. The SMILES string of the molecule is CCn1nc(C)c(NC(=O)c2cc(NC(=O)C3CCCCC3)n(C)n2)c1C. The summed E-state index contributed by atoms with van der Waals surface area (Å²) in [5, 5.41) is 14.5. The topological polar surface area (TPSA) is 93.8 Å². The molecule has 0 radical (unpaired) electrons. The highest BCUT2D eigenvalue weighted by atomic mass is 16.2. The Balaban J connectivity index is 1.71. The largest absolute Gasteiger partial charge is 0.317 e. The minimum absolute atomic E-state index is 0.0144. The van der Waals surface area contributed by atoms with Crippen molar-refractivity contribution >= 4 is 23.3 Å². The number of hydrogen-bond acceptors (Lipinski definition) is 4. The number of anilines is 2. The molecule has 0 atom stereocenters. The molecule has 1 saturated carbocycles. The van der Waals surface area contributed by atoms with Crippen LogP contribution in [-0.2, 0) is 18.4 Å². The van der Waals surface area contributed by atoms with E-state index in [1.807, 2.05) is 25.5 Å². The molecule has 3 rings (SSSR count). The maximum absolute atomic E-state index is 12.6. The van der Waals surface area contributed by atoms with E-state index < -0.39 is 0 Å². The fourth-order valence-corrected chi connectivity index (χ4v) is 3.65. The Labute approximate surface area is 159 Å². The van der Waals surface area contributed by atoms with Gasteiger partial charge in [0.25, 0.3) is 5.91 Å². The van der Waals surface area contributed by atoms with Gasteiger partial charge in [0.1, 0.15) is 5.82 Å². The molecule has 2 aromatic heterocycles. The van der Waals surface area contributed by atoms with Crippen molar-refractivity contribution in [3.63, 3.8) is 0 Å². The first-order valence-corrected chi connectivity index (χ1v) is 9.61. The van der Waals surface area contributed by atoms with Gasteiger partial charge in [0, 0.05) is 25.6 Å². The monoisotopic (exact) mass is 372 g/mol. The molecule has 146 valence electrons. The van der Waals surface area contributed by atoms with Crippen molar-refractivity contribution in [1.82, 2.24) is 19.6 Å². The lowest BCUT2D eigenvalue weighted by Gasteiger charge is -2.20. The fourth-order valence-electron chi connectivity index (χ4n) is 3.65. The van der Waals surface area contributed by atoms with Gasteiger partial charge in [-0.1, -0.05) is 19.3 Å². The molecule has 0 aliphatic heterocycles. The molecule has 27 heavy (non-hydrogen) atoms. The number of rotatable bonds is 5. The van der Waals surface area contributed by atoms with Crippen molar-refractivity contribution in [3.05, 3.63) is 23.1 Å². The third-order valence-electron chi connectivity index (χ3n) is 5.26. The number of carbonyl (C=O) groups is 2. The number of amides is 2. The number of carbonyl (C=O) groups excluding carboxylic acids is 2. The van der Waals surface area contributed by atoms with Crippen molar-refractivity contribution in [3.8, 4) is 0 Å². The number of hydrogen-bond donors (Lipinski definition) is 2. The Morgan fingerprint density at radius 1 is 1.15 bits per heavy atom. The van der Waals surface area contributed by atoms with Gasteiger partial charge < -0.3 is 10.6 Å². The van der Waals surface area contributed by atoms with Crippen molar-refractivity contribution in [2.75, 3.05) is 10.6 Å². The van der Waals surface area contributed by atoms with Crippen LogP contribution in [0.3, 0.4) is 0 Å². The normalized spacial score (nSPS) is 15.0. The molecule has 2 amide bonds. The van der Waals surface area contributed by atoms with E-state index in [1.165, 1.54) is 11.1 Å². The van der Waals surface area contributed by atoms with E-state index in [0.29, 0.717) is 11.5 Å². The predicted molar refractivity (Wildman–Crippen MR) is 104 cm³/mol. The van der Waals surface area contributed by atoms with Crippen molar-refractivity contribution < 1.29 is 9.59 Å². The summed E-state index contributed by atoms with van der Waals surface area (Å²) < 4.78 is 3.38. The Kier molecular flexibility index (Phi) is 5.62. The molecule has 2 heterocycles. The van der Waals surface area contributed by atoms with Crippen molar-refractivity contribution in [1.29, 1.82) is 0 Å². The van der Waals surface area contributed by atoms with Gasteiger partial charge in [-0.25, -0.2) is 0 Å². The lowest BCUT2D eigenvalue weighted by Crippen LogP contribution is -2.25. The average molecular weight is 372 g/mol. The Bertz CT molecular complexity index is 845. The molecule has 8 nitrogen and oxygen atoms in total. The maximum Gasteiger partial charge on any atom is 0.276 e. The second kappa shape index (κ2) is 7.94. The molecule has 1 aliphatic carbocycles.